The fourth-order valence-electron chi connectivity index (χ4n) is 2.03. The highest BCUT2D eigenvalue weighted by atomic mass is 16.5. The summed E-state index contributed by atoms with van der Waals surface area (Å²) < 4.78 is 7.45. The van der Waals surface area contributed by atoms with Crippen molar-refractivity contribution in [1.82, 2.24) is 14.6 Å². The van der Waals surface area contributed by atoms with Gasteiger partial charge in [-0.05, 0) is 31.2 Å². The molecule has 0 aliphatic heterocycles. The van der Waals surface area contributed by atoms with Gasteiger partial charge in [0.2, 0.25) is 5.65 Å². The van der Waals surface area contributed by atoms with Gasteiger partial charge in [0.05, 0.1) is 6.61 Å². The fourth-order valence-corrected chi connectivity index (χ4v) is 2.03. The lowest BCUT2D eigenvalue weighted by molar-refractivity contribution is 0.342. The molecule has 5 nitrogen and oxygen atoms in total. The average molecular weight is 254 g/mol. The molecule has 0 atom stereocenters. The monoisotopic (exact) mass is 254 g/mol. The molecular formula is C14H14N4O. The first-order valence-corrected chi connectivity index (χ1v) is 6.12. The van der Waals surface area contributed by atoms with Crippen LogP contribution in [0.25, 0.3) is 17.0 Å². The number of pyridine rings is 1. The molecule has 2 N–H and O–H groups in total. The smallest absolute Gasteiger partial charge is 0.203 e. The number of nitrogens with two attached hydrogens (primary N) is 1. The van der Waals surface area contributed by atoms with Crippen molar-refractivity contribution < 1.29 is 4.74 Å². The molecule has 0 saturated heterocycles. The molecular weight excluding hydrogens is 240 g/mol. The maximum atomic E-state index is 5.80. The van der Waals surface area contributed by atoms with E-state index < -0.39 is 0 Å². The van der Waals surface area contributed by atoms with E-state index in [9.17, 15) is 0 Å². The molecule has 2 heterocycles. The predicted octanol–water partition coefficient (Wildman–Crippen LogP) is 2.38. The minimum atomic E-state index is 0.597. The maximum absolute atomic E-state index is 5.80. The van der Waals surface area contributed by atoms with E-state index in [-0.39, 0.29) is 0 Å². The summed E-state index contributed by atoms with van der Waals surface area (Å²) in [7, 11) is 0. The highest BCUT2D eigenvalue weighted by molar-refractivity contribution is 5.66. The molecule has 19 heavy (non-hydrogen) atoms. The Morgan fingerprint density at radius 3 is 2.89 bits per heavy atom. The van der Waals surface area contributed by atoms with E-state index >= 15 is 0 Å². The van der Waals surface area contributed by atoms with Crippen LogP contribution in [0.1, 0.15) is 6.92 Å². The van der Waals surface area contributed by atoms with Crippen LogP contribution in [-0.4, -0.2) is 21.2 Å². The number of aromatic nitrogens is 3. The molecule has 3 rings (SSSR count). The minimum Gasteiger partial charge on any atom is -0.490 e. The Kier molecular flexibility index (Phi) is 2.79. The molecule has 3 aromatic rings. The molecule has 5 heteroatoms. The van der Waals surface area contributed by atoms with Gasteiger partial charge < -0.3 is 10.5 Å². The van der Waals surface area contributed by atoms with Crippen LogP contribution >= 0.6 is 0 Å². The van der Waals surface area contributed by atoms with Crippen molar-refractivity contribution in [3.05, 3.63) is 42.6 Å². The molecule has 2 aromatic heterocycles. The highest BCUT2D eigenvalue weighted by Gasteiger charge is 2.11. The number of nitrogens with zero attached hydrogens (tertiary/aromatic N) is 3. The summed E-state index contributed by atoms with van der Waals surface area (Å²) in [5.41, 5.74) is 8.15. The first kappa shape index (κ1) is 11.5. The molecule has 0 radical (unpaired) electrons. The molecule has 0 saturated carbocycles. The van der Waals surface area contributed by atoms with Crippen LogP contribution in [0.3, 0.4) is 0 Å². The first-order chi connectivity index (χ1) is 9.29. The van der Waals surface area contributed by atoms with Gasteiger partial charge in [0.25, 0.3) is 0 Å². The van der Waals surface area contributed by atoms with Gasteiger partial charge in [-0.3, -0.25) is 4.40 Å². The molecule has 0 amide bonds. The van der Waals surface area contributed by atoms with Gasteiger partial charge in [-0.15, -0.1) is 10.2 Å². The molecule has 0 spiro atoms. The van der Waals surface area contributed by atoms with Crippen molar-refractivity contribution in [1.29, 1.82) is 0 Å². The Morgan fingerprint density at radius 1 is 1.21 bits per heavy atom. The van der Waals surface area contributed by atoms with E-state index in [1.807, 2.05) is 53.9 Å². The molecule has 1 aromatic carbocycles. The number of rotatable bonds is 3. The third-order valence-corrected chi connectivity index (χ3v) is 2.84. The summed E-state index contributed by atoms with van der Waals surface area (Å²) in [6, 6.07) is 11.4. The number of nitrogen functional groups attached to an aromatic ring is 1. The zero-order chi connectivity index (χ0) is 13.2. The Labute approximate surface area is 110 Å². The van der Waals surface area contributed by atoms with E-state index in [2.05, 4.69) is 10.2 Å². The second kappa shape index (κ2) is 4.61. The maximum Gasteiger partial charge on any atom is 0.203 e. The van der Waals surface area contributed by atoms with E-state index in [4.69, 9.17) is 10.5 Å². The summed E-state index contributed by atoms with van der Waals surface area (Å²) in [6.45, 7) is 2.54. The first-order valence-electron chi connectivity index (χ1n) is 6.12. The summed E-state index contributed by atoms with van der Waals surface area (Å²) in [6.07, 6.45) is 1.91. The lowest BCUT2D eigenvalue weighted by Gasteiger charge is -2.05. The van der Waals surface area contributed by atoms with Crippen LogP contribution in [0.2, 0.25) is 0 Å². The van der Waals surface area contributed by atoms with E-state index in [0.717, 1.165) is 17.1 Å². The Morgan fingerprint density at radius 2 is 2.11 bits per heavy atom. The molecule has 0 fully saturated rings. The van der Waals surface area contributed by atoms with Crippen LogP contribution in [0.5, 0.6) is 5.75 Å². The van der Waals surface area contributed by atoms with Gasteiger partial charge in [-0.2, -0.15) is 0 Å². The van der Waals surface area contributed by atoms with Crippen LogP contribution < -0.4 is 10.5 Å². The summed E-state index contributed by atoms with van der Waals surface area (Å²) in [4.78, 5) is 0. The number of fused-ring (bicyclic) bond motifs is 1. The van der Waals surface area contributed by atoms with Gasteiger partial charge in [0, 0.05) is 17.4 Å². The number of benzene rings is 1. The Bertz CT molecular complexity index is 720. The summed E-state index contributed by atoms with van der Waals surface area (Å²) in [5.74, 6) is 1.48. The third-order valence-electron chi connectivity index (χ3n) is 2.84. The summed E-state index contributed by atoms with van der Waals surface area (Å²) in [5, 5.41) is 8.42. The largest absolute Gasteiger partial charge is 0.490 e. The van der Waals surface area contributed by atoms with Crippen molar-refractivity contribution in [3.8, 4) is 17.1 Å². The standard InChI is InChI=1S/C14H14N4O/c1-2-19-12-7-4-8-18-13(16-17-14(12)18)10-5-3-6-11(15)9-10/h3-9H,2,15H2,1H3. The number of anilines is 1. The predicted molar refractivity (Wildman–Crippen MR) is 74.0 cm³/mol. The molecule has 0 bridgehead atoms. The Balaban J connectivity index is 2.18. The zero-order valence-electron chi connectivity index (χ0n) is 10.6. The van der Waals surface area contributed by atoms with Crippen LogP contribution in [0.4, 0.5) is 5.69 Å². The van der Waals surface area contributed by atoms with E-state index in [0.29, 0.717) is 17.9 Å². The molecule has 0 unspecified atom stereocenters. The number of ether oxygens (including phenoxy) is 1. The fraction of sp³-hybridized carbons (Fsp3) is 0.143. The van der Waals surface area contributed by atoms with E-state index in [1.54, 1.807) is 0 Å². The lowest BCUT2D eigenvalue weighted by Crippen LogP contribution is -1.96. The molecule has 96 valence electrons. The van der Waals surface area contributed by atoms with Crippen LogP contribution in [0.15, 0.2) is 42.6 Å². The lowest BCUT2D eigenvalue weighted by atomic mass is 10.2. The molecule has 0 aliphatic rings. The zero-order valence-corrected chi connectivity index (χ0v) is 10.6. The normalized spacial score (nSPS) is 10.8. The van der Waals surface area contributed by atoms with Crippen molar-refractivity contribution in [3.63, 3.8) is 0 Å². The Hall–Kier alpha value is -2.56. The number of hydrogen-bond acceptors (Lipinski definition) is 4. The van der Waals surface area contributed by atoms with Gasteiger partial charge >= 0.3 is 0 Å². The average Bonchev–Trinajstić information content (AvgIpc) is 2.84. The second-order valence-electron chi connectivity index (χ2n) is 4.15. The van der Waals surface area contributed by atoms with Crippen LogP contribution in [-0.2, 0) is 0 Å². The van der Waals surface area contributed by atoms with E-state index in [1.165, 1.54) is 0 Å². The topological polar surface area (TPSA) is 65.4 Å². The van der Waals surface area contributed by atoms with Gasteiger partial charge in [-0.1, -0.05) is 12.1 Å². The van der Waals surface area contributed by atoms with Gasteiger partial charge in [0.1, 0.15) is 0 Å². The van der Waals surface area contributed by atoms with Crippen molar-refractivity contribution >= 4 is 11.3 Å². The summed E-state index contributed by atoms with van der Waals surface area (Å²) >= 11 is 0. The molecule has 0 aliphatic carbocycles. The highest BCUT2D eigenvalue weighted by Crippen LogP contribution is 2.24. The minimum absolute atomic E-state index is 0.597. The third kappa shape index (κ3) is 1.99. The van der Waals surface area contributed by atoms with Gasteiger partial charge in [-0.25, -0.2) is 0 Å². The second-order valence-corrected chi connectivity index (χ2v) is 4.15. The van der Waals surface area contributed by atoms with Crippen molar-refractivity contribution in [2.75, 3.05) is 12.3 Å². The van der Waals surface area contributed by atoms with Crippen LogP contribution in [0, 0.1) is 0 Å². The number of hydrogen-bond donors (Lipinski definition) is 1. The van der Waals surface area contributed by atoms with Gasteiger partial charge in [0.15, 0.2) is 11.6 Å². The van der Waals surface area contributed by atoms with Crippen molar-refractivity contribution in [2.45, 2.75) is 6.92 Å². The quantitative estimate of drug-likeness (QED) is 0.729. The SMILES string of the molecule is CCOc1cccn2c(-c3cccc(N)c3)nnc12. The van der Waals surface area contributed by atoms with Crippen molar-refractivity contribution in [2.24, 2.45) is 0 Å².